The maximum Gasteiger partial charge on any atom is 0.0541 e. The van der Waals surface area contributed by atoms with Gasteiger partial charge in [0.05, 0.1) is 11.0 Å². The fraction of sp³-hybridized carbons (Fsp3) is 0. The van der Waals surface area contributed by atoms with Crippen molar-refractivity contribution >= 4 is 54.1 Å². The largest absolute Gasteiger partial charge is 0.309 e. The second-order valence-corrected chi connectivity index (χ2v) is 9.43. The molecule has 0 bridgehead atoms. The smallest absolute Gasteiger partial charge is 0.0541 e. The quantitative estimate of drug-likeness (QED) is 0.235. The first-order chi connectivity index (χ1) is 17.3. The maximum atomic E-state index is 2.39. The van der Waals surface area contributed by atoms with E-state index in [1.807, 2.05) is 0 Å². The van der Waals surface area contributed by atoms with Gasteiger partial charge in [-0.3, -0.25) is 0 Å². The lowest BCUT2D eigenvalue weighted by Crippen LogP contribution is -1.94. The lowest BCUT2D eigenvalue weighted by atomic mass is 9.91. The van der Waals surface area contributed by atoms with E-state index >= 15 is 0 Å². The predicted molar refractivity (Wildman–Crippen MR) is 150 cm³/mol. The zero-order valence-electron chi connectivity index (χ0n) is 19.1. The summed E-state index contributed by atoms with van der Waals surface area (Å²) >= 11 is 0. The molecular formula is C34H21N. The monoisotopic (exact) mass is 443 g/mol. The first-order valence-corrected chi connectivity index (χ1v) is 12.1. The van der Waals surface area contributed by atoms with Crippen LogP contribution >= 0.6 is 0 Å². The van der Waals surface area contributed by atoms with Gasteiger partial charge in [-0.1, -0.05) is 91.0 Å². The highest BCUT2D eigenvalue weighted by molar-refractivity contribution is 6.23. The number of para-hydroxylation sites is 2. The summed E-state index contributed by atoms with van der Waals surface area (Å²) in [5.41, 5.74) is 6.14. The Hall–Kier alpha value is -4.62. The van der Waals surface area contributed by atoms with Crippen molar-refractivity contribution in [3.63, 3.8) is 0 Å². The molecule has 0 fully saturated rings. The minimum absolute atomic E-state index is 1.19. The van der Waals surface area contributed by atoms with Crippen molar-refractivity contribution in [2.45, 2.75) is 0 Å². The van der Waals surface area contributed by atoms with Gasteiger partial charge in [-0.05, 0) is 79.8 Å². The summed E-state index contributed by atoms with van der Waals surface area (Å²) in [6.45, 7) is 0. The first-order valence-electron chi connectivity index (χ1n) is 12.1. The summed E-state index contributed by atoms with van der Waals surface area (Å²) in [5, 5.41) is 10.5. The molecule has 0 saturated heterocycles. The zero-order chi connectivity index (χ0) is 22.9. The molecule has 8 aromatic rings. The van der Waals surface area contributed by atoms with Crippen molar-refractivity contribution in [3.8, 4) is 16.8 Å². The van der Waals surface area contributed by atoms with E-state index in [2.05, 4.69) is 132 Å². The molecule has 0 spiro atoms. The summed E-state index contributed by atoms with van der Waals surface area (Å²) in [6.07, 6.45) is 0. The minimum Gasteiger partial charge on any atom is -0.309 e. The SMILES string of the molecule is c1cc(-c2cc3ccc4cccc5ccc(c2)c3c45)cc(-n2c3ccccc3c3ccccc32)c1. The number of nitrogens with zero attached hydrogens (tertiary/aromatic N) is 1. The van der Waals surface area contributed by atoms with E-state index in [-0.39, 0.29) is 0 Å². The van der Waals surface area contributed by atoms with E-state index in [1.165, 1.54) is 70.9 Å². The molecule has 162 valence electrons. The van der Waals surface area contributed by atoms with Gasteiger partial charge < -0.3 is 4.57 Å². The highest BCUT2D eigenvalue weighted by atomic mass is 15.0. The van der Waals surface area contributed by atoms with Crippen LogP contribution in [0, 0.1) is 0 Å². The van der Waals surface area contributed by atoms with Gasteiger partial charge in [-0.15, -0.1) is 0 Å². The van der Waals surface area contributed by atoms with Gasteiger partial charge in [-0.25, -0.2) is 0 Å². The summed E-state index contributed by atoms with van der Waals surface area (Å²) in [4.78, 5) is 0. The first kappa shape index (κ1) is 18.8. The van der Waals surface area contributed by atoms with Crippen LogP contribution in [0.1, 0.15) is 0 Å². The second-order valence-electron chi connectivity index (χ2n) is 9.43. The van der Waals surface area contributed by atoms with Crippen LogP contribution in [-0.2, 0) is 0 Å². The van der Waals surface area contributed by atoms with E-state index in [0.29, 0.717) is 0 Å². The molecule has 7 aromatic carbocycles. The van der Waals surface area contributed by atoms with Crippen molar-refractivity contribution in [2.24, 2.45) is 0 Å². The summed E-state index contributed by atoms with van der Waals surface area (Å²) in [7, 11) is 0. The van der Waals surface area contributed by atoms with Crippen molar-refractivity contribution in [1.29, 1.82) is 0 Å². The third-order valence-corrected chi connectivity index (χ3v) is 7.48. The van der Waals surface area contributed by atoms with Crippen LogP contribution in [0.2, 0.25) is 0 Å². The predicted octanol–water partition coefficient (Wildman–Crippen LogP) is 9.35. The van der Waals surface area contributed by atoms with Crippen molar-refractivity contribution < 1.29 is 0 Å². The average molecular weight is 444 g/mol. The van der Waals surface area contributed by atoms with Gasteiger partial charge in [0.25, 0.3) is 0 Å². The normalized spacial score (nSPS) is 12.0. The van der Waals surface area contributed by atoms with Gasteiger partial charge in [-0.2, -0.15) is 0 Å². The fourth-order valence-corrected chi connectivity index (χ4v) is 5.95. The van der Waals surface area contributed by atoms with E-state index in [4.69, 9.17) is 0 Å². The Labute approximate surface area is 202 Å². The Balaban J connectivity index is 1.38. The molecule has 0 saturated carbocycles. The van der Waals surface area contributed by atoms with Crippen LogP contribution in [-0.4, -0.2) is 4.57 Å². The van der Waals surface area contributed by atoms with Crippen molar-refractivity contribution in [1.82, 2.24) is 4.57 Å². The molecule has 1 nitrogen and oxygen atoms in total. The molecule has 35 heavy (non-hydrogen) atoms. The molecule has 0 radical (unpaired) electrons. The summed E-state index contributed by atoms with van der Waals surface area (Å²) < 4.78 is 2.39. The lowest BCUT2D eigenvalue weighted by Gasteiger charge is -2.14. The van der Waals surface area contributed by atoms with Gasteiger partial charge in [0.1, 0.15) is 0 Å². The lowest BCUT2D eigenvalue weighted by molar-refractivity contribution is 1.18. The maximum absolute atomic E-state index is 2.39. The Morgan fingerprint density at radius 2 is 0.914 bits per heavy atom. The van der Waals surface area contributed by atoms with Crippen LogP contribution in [0.5, 0.6) is 0 Å². The average Bonchev–Trinajstić information content (AvgIpc) is 3.26. The number of aromatic nitrogens is 1. The molecule has 0 atom stereocenters. The number of benzene rings is 7. The number of hydrogen-bond acceptors (Lipinski definition) is 0. The Kier molecular flexibility index (Phi) is 3.72. The van der Waals surface area contributed by atoms with Gasteiger partial charge in [0.2, 0.25) is 0 Å². The molecular weight excluding hydrogens is 422 g/mol. The van der Waals surface area contributed by atoms with Gasteiger partial charge in [0, 0.05) is 16.5 Å². The molecule has 1 heterocycles. The Morgan fingerprint density at radius 3 is 1.57 bits per heavy atom. The standard InChI is InChI=1S/C34H21N/c1-3-13-31-29(11-1)30-12-2-4-14-32(30)35(31)28-10-6-9-24(21-28)27-19-25-17-15-22-7-5-8-23-16-18-26(20-27)34(25)33(22)23/h1-21H. The summed E-state index contributed by atoms with van der Waals surface area (Å²) in [6, 6.07) is 46.6. The van der Waals surface area contributed by atoms with E-state index in [9.17, 15) is 0 Å². The fourth-order valence-electron chi connectivity index (χ4n) is 5.95. The van der Waals surface area contributed by atoms with Crippen LogP contribution in [0.25, 0.3) is 70.9 Å². The number of fused-ring (bicyclic) bond motifs is 3. The Bertz CT molecular complexity index is 1940. The van der Waals surface area contributed by atoms with Gasteiger partial charge in [0.15, 0.2) is 0 Å². The van der Waals surface area contributed by atoms with Crippen LogP contribution in [0.4, 0.5) is 0 Å². The molecule has 0 unspecified atom stereocenters. The van der Waals surface area contributed by atoms with E-state index in [1.54, 1.807) is 0 Å². The highest BCUT2D eigenvalue weighted by Gasteiger charge is 2.13. The molecule has 0 aliphatic carbocycles. The zero-order valence-corrected chi connectivity index (χ0v) is 19.1. The van der Waals surface area contributed by atoms with E-state index in [0.717, 1.165) is 0 Å². The second kappa shape index (κ2) is 6.94. The van der Waals surface area contributed by atoms with Crippen LogP contribution < -0.4 is 0 Å². The topological polar surface area (TPSA) is 4.93 Å². The summed E-state index contributed by atoms with van der Waals surface area (Å²) in [5.74, 6) is 0. The van der Waals surface area contributed by atoms with Crippen LogP contribution in [0.15, 0.2) is 127 Å². The molecule has 1 heteroatoms. The van der Waals surface area contributed by atoms with Crippen LogP contribution in [0.3, 0.4) is 0 Å². The molecule has 0 amide bonds. The third-order valence-electron chi connectivity index (χ3n) is 7.48. The number of rotatable bonds is 2. The van der Waals surface area contributed by atoms with E-state index < -0.39 is 0 Å². The molecule has 0 aliphatic rings. The van der Waals surface area contributed by atoms with Gasteiger partial charge >= 0.3 is 0 Å². The minimum atomic E-state index is 1.19. The highest BCUT2D eigenvalue weighted by Crippen LogP contribution is 2.38. The number of hydrogen-bond donors (Lipinski definition) is 0. The van der Waals surface area contributed by atoms with Crippen molar-refractivity contribution in [2.75, 3.05) is 0 Å². The molecule has 8 rings (SSSR count). The molecule has 0 aliphatic heterocycles. The third kappa shape index (κ3) is 2.64. The molecule has 1 aromatic heterocycles. The Morgan fingerprint density at radius 1 is 0.371 bits per heavy atom. The molecule has 0 N–H and O–H groups in total. The van der Waals surface area contributed by atoms with Crippen molar-refractivity contribution in [3.05, 3.63) is 127 Å².